The maximum atomic E-state index is 14.8. The van der Waals surface area contributed by atoms with E-state index in [9.17, 15) is 17.6 Å². The van der Waals surface area contributed by atoms with Gasteiger partial charge in [-0.15, -0.1) is 11.3 Å². The van der Waals surface area contributed by atoms with Gasteiger partial charge >= 0.3 is 0 Å². The van der Waals surface area contributed by atoms with E-state index >= 15 is 0 Å². The van der Waals surface area contributed by atoms with Gasteiger partial charge in [-0.25, -0.2) is 13.4 Å². The van der Waals surface area contributed by atoms with Crippen LogP contribution < -0.4 is 20.4 Å². The van der Waals surface area contributed by atoms with Gasteiger partial charge in [0.05, 0.1) is 27.6 Å². The number of likely N-dealkylation sites (tertiary alicyclic amines) is 1. The smallest absolute Gasteiger partial charge is 0.261 e. The highest BCUT2D eigenvalue weighted by molar-refractivity contribution is 7.89. The van der Waals surface area contributed by atoms with Crippen molar-refractivity contribution in [2.75, 3.05) is 38.2 Å². The van der Waals surface area contributed by atoms with E-state index in [-0.39, 0.29) is 40.3 Å². The molecule has 58 heavy (non-hydrogen) atoms. The second-order valence-electron chi connectivity index (χ2n) is 17.8. The lowest BCUT2D eigenvalue weighted by atomic mass is 9.81. The van der Waals surface area contributed by atoms with Crippen molar-refractivity contribution in [2.24, 2.45) is 11.3 Å². The van der Waals surface area contributed by atoms with E-state index in [1.165, 1.54) is 21.7 Å². The molecule has 1 fully saturated rings. The fraction of sp³-hybridized carbons (Fsp3) is 0.435. The Morgan fingerprint density at radius 2 is 1.64 bits per heavy atom. The minimum absolute atomic E-state index is 0.0921. The Morgan fingerprint density at radius 1 is 1.00 bits per heavy atom. The van der Waals surface area contributed by atoms with Gasteiger partial charge < -0.3 is 14.6 Å². The molecule has 0 saturated carbocycles. The Balaban J connectivity index is 1.21. The molecule has 0 aliphatic carbocycles. The van der Waals surface area contributed by atoms with Crippen LogP contribution in [-0.4, -0.2) is 71.5 Å². The third kappa shape index (κ3) is 9.11. The molecule has 0 bridgehead atoms. The molecular weight excluding hydrogens is 784 g/mol. The number of rotatable bonds is 14. The Bertz CT molecular complexity index is 2230. The van der Waals surface area contributed by atoms with Gasteiger partial charge in [-0.1, -0.05) is 113 Å². The van der Waals surface area contributed by atoms with Gasteiger partial charge in [-0.05, 0) is 88.2 Å². The fourth-order valence-corrected chi connectivity index (χ4v) is 15.9. The Labute approximate surface area is 348 Å². The van der Waals surface area contributed by atoms with Crippen molar-refractivity contribution in [3.8, 4) is 0 Å². The van der Waals surface area contributed by atoms with E-state index in [0.29, 0.717) is 69.0 Å². The summed E-state index contributed by atoms with van der Waals surface area (Å²) < 4.78 is 54.0. The normalized spacial score (nSPS) is 16.8. The second-order valence-corrected chi connectivity index (χ2v) is 24.9. The lowest BCUT2D eigenvalue weighted by Crippen LogP contribution is -2.66. The molecule has 5 aromatic rings. The third-order valence-electron chi connectivity index (χ3n) is 11.8. The van der Waals surface area contributed by atoms with E-state index in [4.69, 9.17) is 9.41 Å². The maximum absolute atomic E-state index is 14.8. The summed E-state index contributed by atoms with van der Waals surface area (Å²) in [5, 5.41) is 6.33. The molecule has 2 aliphatic rings. The molecular formula is C46H57FN4O4S2Si. The molecule has 1 saturated heterocycles. The van der Waals surface area contributed by atoms with Crippen LogP contribution in [0.3, 0.4) is 0 Å². The minimum atomic E-state index is -4.24. The average molecular weight is 841 g/mol. The molecule has 0 spiro atoms. The standard InChI is InChI=1S/C46H57FN4O4S2Si/c1-45(2,3)58(36-14-8-6-9-15-36,37-16-10-7-11-17-37)55-27-23-34-28-35-31-46(4,5)32-48-43(35)41(29-34)57(53,54)50-39(30-42-49-38-18-12-13-19-40(38)56-42)44(52)51-25-21-33(20-24-47)22-26-51/h6-19,28-29,33,39,48,50H,20-27,30-32H2,1-5H3/t39-/m0/s1. The number of halogens is 1. The van der Waals surface area contributed by atoms with Crippen LogP contribution in [0, 0.1) is 11.3 Å². The van der Waals surface area contributed by atoms with Crippen molar-refractivity contribution in [3.63, 3.8) is 0 Å². The van der Waals surface area contributed by atoms with Crippen LogP contribution in [-0.2, 0) is 38.5 Å². The Morgan fingerprint density at radius 3 is 2.26 bits per heavy atom. The molecule has 7 rings (SSSR count). The molecule has 1 atom stereocenters. The zero-order valence-electron chi connectivity index (χ0n) is 34.4. The number of alkyl halides is 1. The van der Waals surface area contributed by atoms with Gasteiger partial charge in [0.15, 0.2) is 0 Å². The number of carbonyl (C=O) groups is 1. The largest absolute Gasteiger partial charge is 0.407 e. The number of hydrogen-bond acceptors (Lipinski definition) is 7. The van der Waals surface area contributed by atoms with Crippen LogP contribution in [0.15, 0.2) is 102 Å². The molecule has 0 unspecified atom stereocenters. The number of sulfonamides is 1. The first-order valence-electron chi connectivity index (χ1n) is 20.6. The number of thiazole rings is 1. The van der Waals surface area contributed by atoms with Crippen LogP contribution in [0.25, 0.3) is 10.2 Å². The molecule has 2 aliphatic heterocycles. The van der Waals surface area contributed by atoms with Crippen molar-refractivity contribution < 1.29 is 22.0 Å². The van der Waals surface area contributed by atoms with Crippen LogP contribution in [0.4, 0.5) is 10.1 Å². The first-order chi connectivity index (χ1) is 27.7. The average Bonchev–Trinajstić information content (AvgIpc) is 3.61. The minimum Gasteiger partial charge on any atom is -0.407 e. The number of benzene rings is 4. The molecule has 1 amide bonds. The van der Waals surface area contributed by atoms with Crippen LogP contribution in [0.2, 0.25) is 5.04 Å². The summed E-state index contributed by atoms with van der Waals surface area (Å²) in [5.74, 6) is -0.0574. The number of para-hydroxylation sites is 1. The maximum Gasteiger partial charge on any atom is 0.261 e. The molecule has 12 heteroatoms. The molecule has 8 nitrogen and oxygen atoms in total. The van der Waals surface area contributed by atoms with Gasteiger partial charge in [0.1, 0.15) is 10.9 Å². The number of hydrogen-bond donors (Lipinski definition) is 2. The monoisotopic (exact) mass is 840 g/mol. The predicted molar refractivity (Wildman–Crippen MR) is 237 cm³/mol. The van der Waals surface area contributed by atoms with E-state index < -0.39 is 24.4 Å². The molecule has 4 aromatic carbocycles. The number of carbonyl (C=O) groups excluding carboxylic acids is 1. The van der Waals surface area contributed by atoms with Gasteiger partial charge in [-0.2, -0.15) is 4.72 Å². The SMILES string of the molecule is CC1(C)CNc2c(cc(CCO[Si](c3ccccc3)(c3ccccc3)C(C)(C)C)cc2S(=O)(=O)N[C@@H](Cc2nc3ccccc3s2)C(=O)N2CCC(CCF)CC2)C1. The summed E-state index contributed by atoms with van der Waals surface area (Å²) in [6.45, 7) is 12.7. The summed E-state index contributed by atoms with van der Waals surface area (Å²) >= 11 is 1.47. The Hall–Kier alpha value is -3.94. The Kier molecular flexibility index (Phi) is 12.6. The zero-order chi connectivity index (χ0) is 41.1. The molecule has 1 aromatic heterocycles. The number of piperidine rings is 1. The molecule has 2 N–H and O–H groups in total. The number of anilines is 1. The van der Waals surface area contributed by atoms with Crippen molar-refractivity contribution in [1.29, 1.82) is 0 Å². The first-order valence-corrected chi connectivity index (χ1v) is 24.8. The highest BCUT2D eigenvalue weighted by Crippen LogP contribution is 2.39. The van der Waals surface area contributed by atoms with Crippen molar-refractivity contribution in [2.45, 2.75) is 89.1 Å². The third-order valence-corrected chi connectivity index (χ3v) is 19.4. The molecule has 3 heterocycles. The number of nitrogens with one attached hydrogen (secondary N) is 2. The molecule has 0 radical (unpaired) electrons. The van der Waals surface area contributed by atoms with E-state index in [2.05, 4.69) is 99.3 Å². The summed E-state index contributed by atoms with van der Waals surface area (Å²) in [7, 11) is -7.07. The summed E-state index contributed by atoms with van der Waals surface area (Å²) in [5.41, 5.74) is 3.11. The van der Waals surface area contributed by atoms with Crippen LogP contribution >= 0.6 is 11.3 Å². The highest BCUT2D eigenvalue weighted by Gasteiger charge is 2.50. The number of amides is 1. The first kappa shape index (κ1) is 42.2. The van der Waals surface area contributed by atoms with E-state index in [1.807, 2.05) is 36.4 Å². The topological polar surface area (TPSA) is 101 Å². The zero-order valence-corrected chi connectivity index (χ0v) is 37.0. The highest BCUT2D eigenvalue weighted by atomic mass is 32.2. The van der Waals surface area contributed by atoms with Gasteiger partial charge in [0.2, 0.25) is 15.9 Å². The molecule has 308 valence electrons. The lowest BCUT2D eigenvalue weighted by Gasteiger charge is -2.43. The van der Waals surface area contributed by atoms with Crippen molar-refractivity contribution in [3.05, 3.63) is 113 Å². The summed E-state index contributed by atoms with van der Waals surface area (Å²) in [6.07, 6.45) is 3.20. The van der Waals surface area contributed by atoms with Gasteiger partial charge in [-0.3, -0.25) is 9.18 Å². The van der Waals surface area contributed by atoms with Crippen molar-refractivity contribution in [1.82, 2.24) is 14.6 Å². The lowest BCUT2D eigenvalue weighted by molar-refractivity contribution is -0.134. The number of fused-ring (bicyclic) bond motifs is 2. The quantitative estimate of drug-likeness (QED) is 0.110. The van der Waals surface area contributed by atoms with Gasteiger partial charge in [0, 0.05) is 32.7 Å². The van der Waals surface area contributed by atoms with Gasteiger partial charge in [0.25, 0.3) is 8.32 Å². The number of aromatic nitrogens is 1. The van der Waals surface area contributed by atoms with Crippen molar-refractivity contribution >= 4 is 61.9 Å². The van der Waals surface area contributed by atoms with Crippen LogP contribution in [0.5, 0.6) is 0 Å². The van der Waals surface area contributed by atoms with Crippen LogP contribution in [0.1, 0.15) is 70.0 Å². The predicted octanol–water partition coefficient (Wildman–Crippen LogP) is 7.90. The summed E-state index contributed by atoms with van der Waals surface area (Å²) in [6, 6.07) is 31.6. The fourth-order valence-electron chi connectivity index (χ4n) is 8.85. The second kappa shape index (κ2) is 17.3. The summed E-state index contributed by atoms with van der Waals surface area (Å²) in [4.78, 5) is 21.0. The van der Waals surface area contributed by atoms with E-state index in [1.54, 1.807) is 11.0 Å². The van der Waals surface area contributed by atoms with E-state index in [0.717, 1.165) is 21.3 Å². The number of nitrogens with zero attached hydrogens (tertiary/aromatic N) is 2.